The van der Waals surface area contributed by atoms with Gasteiger partial charge in [-0.05, 0) is 23.4 Å². The van der Waals surface area contributed by atoms with Crippen molar-refractivity contribution in [3.8, 4) is 6.07 Å². The quantitative estimate of drug-likeness (QED) is 0.797. The third kappa shape index (κ3) is 4.01. The predicted molar refractivity (Wildman–Crippen MR) is 92.7 cm³/mol. The minimum Gasteiger partial charge on any atom is -0.348 e. The lowest BCUT2D eigenvalue weighted by molar-refractivity contribution is -0.113. The average Bonchev–Trinajstić information content (AvgIpc) is 2.95. The van der Waals surface area contributed by atoms with Crippen molar-refractivity contribution >= 4 is 28.9 Å². The number of carbonyl (C=O) groups excluding carboxylic acids is 1. The van der Waals surface area contributed by atoms with Crippen molar-refractivity contribution in [2.24, 2.45) is 4.99 Å². The van der Waals surface area contributed by atoms with Crippen molar-refractivity contribution in [1.29, 1.82) is 5.26 Å². The summed E-state index contributed by atoms with van der Waals surface area (Å²) in [5.41, 5.74) is 1.01. The van der Waals surface area contributed by atoms with E-state index >= 15 is 0 Å². The number of nitriles is 1. The van der Waals surface area contributed by atoms with E-state index in [0.29, 0.717) is 11.3 Å². The number of hydrogen-bond donors (Lipinski definition) is 0. The van der Waals surface area contributed by atoms with Crippen LogP contribution in [-0.2, 0) is 4.79 Å². The first-order chi connectivity index (χ1) is 11.3. The van der Waals surface area contributed by atoms with Crippen molar-refractivity contribution < 1.29 is 4.79 Å². The molecule has 3 rings (SSSR count). The van der Waals surface area contributed by atoms with Gasteiger partial charge in [0.05, 0.1) is 11.0 Å². The molecule has 0 atom stereocenters. The lowest BCUT2D eigenvalue weighted by atomic mass is 10.2. The van der Waals surface area contributed by atoms with Crippen LogP contribution in [0.4, 0.5) is 0 Å². The highest BCUT2D eigenvalue weighted by atomic mass is 32.2. The highest BCUT2D eigenvalue weighted by molar-refractivity contribution is 8.18. The molecular formula is C17H18N4OS. The molecule has 1 aromatic rings. The van der Waals surface area contributed by atoms with Crippen LogP contribution < -0.4 is 0 Å². The maximum Gasteiger partial charge on any atom is 0.286 e. The molecule has 1 saturated heterocycles. The number of carbonyl (C=O) groups is 1. The Kier molecular flexibility index (Phi) is 5.11. The Morgan fingerprint density at radius 1 is 1.22 bits per heavy atom. The first kappa shape index (κ1) is 15.8. The van der Waals surface area contributed by atoms with Crippen molar-refractivity contribution in [2.75, 3.05) is 32.7 Å². The van der Waals surface area contributed by atoms with E-state index in [9.17, 15) is 4.79 Å². The maximum atomic E-state index is 12.1. The fourth-order valence-corrected chi connectivity index (χ4v) is 3.57. The molecule has 23 heavy (non-hydrogen) atoms. The van der Waals surface area contributed by atoms with Crippen LogP contribution in [-0.4, -0.2) is 53.6 Å². The number of hydrogen-bond acceptors (Lipinski definition) is 5. The molecule has 0 aliphatic carbocycles. The van der Waals surface area contributed by atoms with Crippen LogP contribution in [0, 0.1) is 11.3 Å². The summed E-state index contributed by atoms with van der Waals surface area (Å²) in [5.74, 6) is -0.152. The fourth-order valence-electron chi connectivity index (χ4n) is 2.60. The number of amidine groups is 1. The second-order valence-corrected chi connectivity index (χ2v) is 6.47. The summed E-state index contributed by atoms with van der Waals surface area (Å²) in [4.78, 5) is 21.4. The van der Waals surface area contributed by atoms with Crippen LogP contribution in [0.5, 0.6) is 0 Å². The van der Waals surface area contributed by atoms with Crippen LogP contribution >= 0.6 is 11.8 Å². The van der Waals surface area contributed by atoms with Gasteiger partial charge in [0.2, 0.25) is 0 Å². The number of piperazine rings is 1. The van der Waals surface area contributed by atoms with Gasteiger partial charge >= 0.3 is 0 Å². The van der Waals surface area contributed by atoms with Crippen LogP contribution in [0.3, 0.4) is 0 Å². The summed E-state index contributed by atoms with van der Waals surface area (Å²) >= 11 is 1.46. The van der Waals surface area contributed by atoms with E-state index < -0.39 is 0 Å². The molecule has 0 aromatic heterocycles. The smallest absolute Gasteiger partial charge is 0.286 e. The Labute approximate surface area is 140 Å². The van der Waals surface area contributed by atoms with Crippen molar-refractivity contribution in [3.05, 3.63) is 40.8 Å². The first-order valence-electron chi connectivity index (χ1n) is 7.68. The molecule has 118 valence electrons. The van der Waals surface area contributed by atoms with Gasteiger partial charge in [0.25, 0.3) is 5.91 Å². The van der Waals surface area contributed by atoms with E-state index in [0.717, 1.165) is 43.5 Å². The van der Waals surface area contributed by atoms with Gasteiger partial charge in [0.15, 0.2) is 5.17 Å². The molecule has 6 heteroatoms. The Hall–Kier alpha value is -2.10. The molecule has 1 aromatic carbocycles. The zero-order valence-electron chi connectivity index (χ0n) is 12.8. The van der Waals surface area contributed by atoms with Gasteiger partial charge in [0.1, 0.15) is 0 Å². The Bertz CT molecular complexity index is 670. The number of nitrogens with zero attached hydrogens (tertiary/aromatic N) is 4. The van der Waals surface area contributed by atoms with Crippen LogP contribution in [0.25, 0.3) is 6.08 Å². The molecule has 5 nitrogen and oxygen atoms in total. The zero-order chi connectivity index (χ0) is 16.1. The Morgan fingerprint density at radius 2 is 1.96 bits per heavy atom. The van der Waals surface area contributed by atoms with Gasteiger partial charge in [-0.3, -0.25) is 9.69 Å². The molecule has 2 aliphatic heterocycles. The molecule has 1 fully saturated rings. The van der Waals surface area contributed by atoms with Crippen LogP contribution in [0.15, 0.2) is 40.2 Å². The second-order valence-electron chi connectivity index (χ2n) is 5.46. The zero-order valence-corrected chi connectivity index (χ0v) is 13.6. The van der Waals surface area contributed by atoms with E-state index in [4.69, 9.17) is 5.26 Å². The van der Waals surface area contributed by atoms with E-state index in [1.54, 1.807) is 0 Å². The predicted octanol–water partition coefficient (Wildman–Crippen LogP) is 2.19. The SMILES string of the molecule is N#CCCN1CCN(C2=NC(=O)/C(=C/c3ccccc3)S2)CC1. The molecule has 1 amide bonds. The van der Waals surface area contributed by atoms with E-state index in [1.165, 1.54) is 11.8 Å². The van der Waals surface area contributed by atoms with Crippen LogP contribution in [0.1, 0.15) is 12.0 Å². The fraction of sp³-hybridized carbons (Fsp3) is 0.353. The molecule has 0 saturated carbocycles. The lowest BCUT2D eigenvalue weighted by Crippen LogP contribution is -2.47. The molecule has 0 spiro atoms. The van der Waals surface area contributed by atoms with Gasteiger partial charge in [-0.25, -0.2) is 0 Å². The Morgan fingerprint density at radius 3 is 2.65 bits per heavy atom. The standard InChI is InChI=1S/C17H18N4OS/c18-7-4-8-20-9-11-21(12-10-20)17-19-16(22)15(23-17)13-14-5-2-1-3-6-14/h1-3,5-6,13H,4,8-12H2/b15-13-. The first-order valence-corrected chi connectivity index (χ1v) is 8.50. The lowest BCUT2D eigenvalue weighted by Gasteiger charge is -2.34. The summed E-state index contributed by atoms with van der Waals surface area (Å²) < 4.78 is 0. The number of amides is 1. The normalized spacial score (nSPS) is 20.7. The molecule has 0 unspecified atom stereocenters. The largest absolute Gasteiger partial charge is 0.348 e. The number of benzene rings is 1. The average molecular weight is 326 g/mol. The van der Waals surface area contributed by atoms with E-state index in [1.807, 2.05) is 36.4 Å². The molecular weight excluding hydrogens is 308 g/mol. The maximum absolute atomic E-state index is 12.1. The Balaban J connectivity index is 1.59. The highest BCUT2D eigenvalue weighted by Gasteiger charge is 2.28. The summed E-state index contributed by atoms with van der Waals surface area (Å²) in [6.07, 6.45) is 2.46. The third-order valence-corrected chi connectivity index (χ3v) is 4.93. The van der Waals surface area contributed by atoms with Gasteiger partial charge in [-0.2, -0.15) is 10.3 Å². The minimum absolute atomic E-state index is 0.152. The second kappa shape index (κ2) is 7.44. The van der Waals surface area contributed by atoms with Crippen molar-refractivity contribution in [1.82, 2.24) is 9.80 Å². The van der Waals surface area contributed by atoms with E-state index in [2.05, 4.69) is 20.9 Å². The van der Waals surface area contributed by atoms with Gasteiger partial charge in [0, 0.05) is 39.1 Å². The van der Waals surface area contributed by atoms with E-state index in [-0.39, 0.29) is 5.91 Å². The molecule has 0 radical (unpaired) electrons. The molecule has 0 bridgehead atoms. The number of thioether (sulfide) groups is 1. The molecule has 2 heterocycles. The number of rotatable bonds is 3. The highest BCUT2D eigenvalue weighted by Crippen LogP contribution is 2.30. The van der Waals surface area contributed by atoms with Gasteiger partial charge in [-0.1, -0.05) is 30.3 Å². The third-order valence-electron chi connectivity index (χ3n) is 3.89. The van der Waals surface area contributed by atoms with Gasteiger partial charge in [-0.15, -0.1) is 0 Å². The monoisotopic (exact) mass is 326 g/mol. The molecule has 0 N–H and O–H groups in total. The summed E-state index contributed by atoms with van der Waals surface area (Å²) in [6.45, 7) is 4.34. The van der Waals surface area contributed by atoms with Gasteiger partial charge < -0.3 is 4.90 Å². The van der Waals surface area contributed by atoms with Crippen LogP contribution in [0.2, 0.25) is 0 Å². The summed E-state index contributed by atoms with van der Waals surface area (Å²) in [6, 6.07) is 12.0. The summed E-state index contributed by atoms with van der Waals surface area (Å²) in [5, 5.41) is 9.45. The van der Waals surface area contributed by atoms with Crippen molar-refractivity contribution in [3.63, 3.8) is 0 Å². The topological polar surface area (TPSA) is 59.7 Å². The minimum atomic E-state index is -0.152. The van der Waals surface area contributed by atoms with Crippen molar-refractivity contribution in [2.45, 2.75) is 6.42 Å². The number of aliphatic imine (C=N–C) groups is 1. The summed E-state index contributed by atoms with van der Waals surface area (Å²) in [7, 11) is 0. The molecule has 2 aliphatic rings.